The van der Waals surface area contributed by atoms with Crippen molar-refractivity contribution in [3.63, 3.8) is 0 Å². The predicted octanol–water partition coefficient (Wildman–Crippen LogP) is 2.46. The summed E-state index contributed by atoms with van der Waals surface area (Å²) in [7, 11) is 0. The molecule has 150 valence electrons. The number of rotatable bonds is 3. The SMILES string of the molecule is O=C1NCCc2c1nc(Cc1ccc3c(c1)OCO3)nc2N1CCCC2(CC2)C1. The van der Waals surface area contributed by atoms with Crippen LogP contribution in [0.2, 0.25) is 0 Å². The van der Waals surface area contributed by atoms with E-state index >= 15 is 0 Å². The van der Waals surface area contributed by atoms with Crippen LogP contribution in [0.3, 0.4) is 0 Å². The van der Waals surface area contributed by atoms with Gasteiger partial charge in [-0.3, -0.25) is 4.79 Å². The van der Waals surface area contributed by atoms with Crippen LogP contribution in [-0.4, -0.2) is 42.3 Å². The van der Waals surface area contributed by atoms with Crippen LogP contribution >= 0.6 is 0 Å². The van der Waals surface area contributed by atoms with E-state index in [0.717, 1.165) is 48.0 Å². The lowest BCUT2D eigenvalue weighted by Crippen LogP contribution is -2.40. The average molecular weight is 392 g/mol. The molecule has 4 heterocycles. The van der Waals surface area contributed by atoms with E-state index in [-0.39, 0.29) is 12.7 Å². The van der Waals surface area contributed by atoms with E-state index in [1.54, 1.807) is 0 Å². The minimum absolute atomic E-state index is 0.0834. The van der Waals surface area contributed by atoms with Crippen LogP contribution in [0.15, 0.2) is 18.2 Å². The Balaban J connectivity index is 1.37. The Morgan fingerprint density at radius 3 is 2.93 bits per heavy atom. The quantitative estimate of drug-likeness (QED) is 0.865. The van der Waals surface area contributed by atoms with Crippen molar-refractivity contribution in [1.29, 1.82) is 0 Å². The molecule has 1 N–H and O–H groups in total. The van der Waals surface area contributed by atoms with E-state index in [1.807, 2.05) is 18.2 Å². The summed E-state index contributed by atoms with van der Waals surface area (Å²) in [5.41, 5.74) is 3.10. The molecular formula is C22H24N4O3. The number of aromatic nitrogens is 2. The molecule has 1 aromatic heterocycles. The third-order valence-corrected chi connectivity index (χ3v) is 6.62. The second-order valence-electron chi connectivity index (χ2n) is 8.69. The fourth-order valence-corrected chi connectivity index (χ4v) is 4.87. The summed E-state index contributed by atoms with van der Waals surface area (Å²) >= 11 is 0. The molecule has 2 aromatic rings. The van der Waals surface area contributed by atoms with Gasteiger partial charge in [0.25, 0.3) is 5.91 Å². The summed E-state index contributed by atoms with van der Waals surface area (Å²) < 4.78 is 10.9. The molecule has 1 saturated carbocycles. The topological polar surface area (TPSA) is 76.6 Å². The fourth-order valence-electron chi connectivity index (χ4n) is 4.87. The van der Waals surface area contributed by atoms with Crippen LogP contribution in [0.1, 0.15) is 53.1 Å². The molecule has 1 saturated heterocycles. The second-order valence-corrected chi connectivity index (χ2v) is 8.69. The van der Waals surface area contributed by atoms with Crippen LogP contribution in [-0.2, 0) is 12.8 Å². The molecular weight excluding hydrogens is 368 g/mol. The highest BCUT2D eigenvalue weighted by atomic mass is 16.7. The first-order chi connectivity index (χ1) is 14.2. The lowest BCUT2D eigenvalue weighted by molar-refractivity contribution is 0.0940. The van der Waals surface area contributed by atoms with Crippen LogP contribution in [0.4, 0.5) is 5.82 Å². The Kier molecular flexibility index (Phi) is 3.73. The summed E-state index contributed by atoms with van der Waals surface area (Å²) in [5, 5.41) is 2.94. The number of piperidine rings is 1. The van der Waals surface area contributed by atoms with Gasteiger partial charge in [0.1, 0.15) is 17.3 Å². The average Bonchev–Trinajstić information content (AvgIpc) is 3.30. The molecule has 29 heavy (non-hydrogen) atoms. The molecule has 1 aliphatic carbocycles. The number of benzene rings is 1. The van der Waals surface area contributed by atoms with Gasteiger partial charge in [0.15, 0.2) is 11.5 Å². The van der Waals surface area contributed by atoms with Crippen molar-refractivity contribution in [1.82, 2.24) is 15.3 Å². The first-order valence-corrected chi connectivity index (χ1v) is 10.5. The molecule has 2 fully saturated rings. The summed E-state index contributed by atoms with van der Waals surface area (Å²) in [6.45, 7) is 2.98. The number of carbonyl (C=O) groups excluding carboxylic acids is 1. The molecule has 3 aliphatic heterocycles. The Morgan fingerprint density at radius 1 is 1.14 bits per heavy atom. The molecule has 7 heteroatoms. The number of nitrogens with zero attached hydrogens (tertiary/aromatic N) is 3. The monoisotopic (exact) mass is 392 g/mol. The van der Waals surface area contributed by atoms with Crippen molar-refractivity contribution in [2.24, 2.45) is 5.41 Å². The lowest BCUT2D eigenvalue weighted by atomic mass is 9.94. The number of hydrogen-bond donors (Lipinski definition) is 1. The molecule has 4 aliphatic rings. The molecule has 1 amide bonds. The molecule has 7 nitrogen and oxygen atoms in total. The van der Waals surface area contributed by atoms with Gasteiger partial charge in [0, 0.05) is 31.6 Å². The minimum Gasteiger partial charge on any atom is -0.454 e. The first-order valence-electron chi connectivity index (χ1n) is 10.5. The number of ether oxygens (including phenoxy) is 2. The van der Waals surface area contributed by atoms with E-state index in [2.05, 4.69) is 15.2 Å². The van der Waals surface area contributed by atoms with Crippen LogP contribution in [0, 0.1) is 5.41 Å². The zero-order chi connectivity index (χ0) is 19.4. The summed E-state index contributed by atoms with van der Waals surface area (Å²) in [6, 6.07) is 5.91. The van der Waals surface area contributed by atoms with Crippen molar-refractivity contribution in [2.45, 2.75) is 38.5 Å². The number of carbonyl (C=O) groups is 1. The number of nitrogens with one attached hydrogen (secondary N) is 1. The predicted molar refractivity (Wildman–Crippen MR) is 107 cm³/mol. The van der Waals surface area contributed by atoms with Crippen molar-refractivity contribution in [3.05, 3.63) is 40.8 Å². The van der Waals surface area contributed by atoms with E-state index < -0.39 is 0 Å². The van der Waals surface area contributed by atoms with Gasteiger partial charge in [0.2, 0.25) is 6.79 Å². The molecule has 1 aromatic carbocycles. The number of fused-ring (bicyclic) bond motifs is 2. The van der Waals surface area contributed by atoms with Gasteiger partial charge < -0.3 is 19.7 Å². The van der Waals surface area contributed by atoms with Crippen LogP contribution < -0.4 is 19.7 Å². The van der Waals surface area contributed by atoms with Crippen molar-refractivity contribution in [3.8, 4) is 11.5 Å². The molecule has 1 spiro atoms. The lowest BCUT2D eigenvalue weighted by Gasteiger charge is -2.36. The summed E-state index contributed by atoms with van der Waals surface area (Å²) in [5.74, 6) is 3.10. The fraction of sp³-hybridized carbons (Fsp3) is 0.500. The zero-order valence-electron chi connectivity index (χ0n) is 16.4. The van der Waals surface area contributed by atoms with E-state index in [0.29, 0.717) is 29.9 Å². The second kappa shape index (κ2) is 6.34. The van der Waals surface area contributed by atoms with Gasteiger partial charge in [-0.2, -0.15) is 0 Å². The summed E-state index contributed by atoms with van der Waals surface area (Å²) in [4.78, 5) is 24.6. The van der Waals surface area contributed by atoms with Gasteiger partial charge >= 0.3 is 0 Å². The van der Waals surface area contributed by atoms with E-state index in [4.69, 9.17) is 14.5 Å². The molecule has 0 atom stereocenters. The highest BCUT2D eigenvalue weighted by Crippen LogP contribution is 2.52. The van der Waals surface area contributed by atoms with Gasteiger partial charge in [-0.25, -0.2) is 9.97 Å². The number of amides is 1. The maximum atomic E-state index is 12.6. The van der Waals surface area contributed by atoms with E-state index in [1.165, 1.54) is 25.7 Å². The van der Waals surface area contributed by atoms with Crippen LogP contribution in [0.5, 0.6) is 11.5 Å². The standard InChI is InChI=1S/C22H24N4O3/c27-21-19-15(4-8-23-21)20(26-9-1-5-22(12-26)6-7-22)25-18(24-19)11-14-2-3-16-17(10-14)29-13-28-16/h2-3,10H,1,4-9,11-13H2,(H,23,27). The van der Waals surface area contributed by atoms with Gasteiger partial charge in [-0.05, 0) is 55.2 Å². The Bertz CT molecular complexity index is 1000. The van der Waals surface area contributed by atoms with Gasteiger partial charge in [0.05, 0.1) is 0 Å². The third-order valence-electron chi connectivity index (χ3n) is 6.62. The van der Waals surface area contributed by atoms with Gasteiger partial charge in [-0.15, -0.1) is 0 Å². The Hall–Kier alpha value is -2.83. The van der Waals surface area contributed by atoms with Crippen molar-refractivity contribution in [2.75, 3.05) is 31.3 Å². The first kappa shape index (κ1) is 17.1. The van der Waals surface area contributed by atoms with E-state index in [9.17, 15) is 4.79 Å². The molecule has 0 bridgehead atoms. The smallest absolute Gasteiger partial charge is 0.270 e. The highest BCUT2D eigenvalue weighted by molar-refractivity contribution is 5.96. The number of anilines is 1. The maximum absolute atomic E-state index is 12.6. The van der Waals surface area contributed by atoms with Gasteiger partial charge in [-0.1, -0.05) is 6.07 Å². The highest BCUT2D eigenvalue weighted by Gasteiger charge is 2.46. The molecule has 0 radical (unpaired) electrons. The largest absolute Gasteiger partial charge is 0.454 e. The Labute approximate surface area is 169 Å². The van der Waals surface area contributed by atoms with Crippen LogP contribution in [0.25, 0.3) is 0 Å². The molecule has 6 rings (SSSR count). The maximum Gasteiger partial charge on any atom is 0.270 e. The summed E-state index contributed by atoms with van der Waals surface area (Å²) in [6.07, 6.45) is 6.51. The minimum atomic E-state index is -0.0834. The Morgan fingerprint density at radius 2 is 2.03 bits per heavy atom. The molecule has 0 unspecified atom stereocenters. The van der Waals surface area contributed by atoms with Crippen molar-refractivity contribution < 1.29 is 14.3 Å². The number of hydrogen-bond acceptors (Lipinski definition) is 6. The zero-order valence-corrected chi connectivity index (χ0v) is 16.4. The third kappa shape index (κ3) is 2.99. The normalized spacial score (nSPS) is 21.1. The van der Waals surface area contributed by atoms with Crippen molar-refractivity contribution >= 4 is 11.7 Å².